The molecule has 0 aromatic heterocycles. The van der Waals surface area contributed by atoms with Crippen LogP contribution in [0.3, 0.4) is 0 Å². The largest absolute Gasteiger partial charge is 0.483 e. The minimum atomic E-state index is -0.668. The Morgan fingerprint density at radius 3 is 2.33 bits per heavy atom. The lowest BCUT2D eigenvalue weighted by molar-refractivity contribution is -0.142. The summed E-state index contributed by atoms with van der Waals surface area (Å²) in [7, 11) is 1.55. The van der Waals surface area contributed by atoms with Crippen molar-refractivity contribution >= 4 is 35.0 Å². The van der Waals surface area contributed by atoms with Gasteiger partial charge in [0.1, 0.15) is 11.8 Å². The average Bonchev–Trinajstić information content (AvgIpc) is 2.70. The SMILES string of the molecule is CCC(C(=O)NC)N(Cc1c(Cl)cccc1Cl)C(=O)COc1cc(C)cc(C)c1C. The molecule has 2 amide bonds. The number of aryl methyl sites for hydroxylation is 2. The monoisotopic (exact) mass is 450 g/mol. The van der Waals surface area contributed by atoms with Crippen molar-refractivity contribution < 1.29 is 14.3 Å². The van der Waals surface area contributed by atoms with Gasteiger partial charge >= 0.3 is 0 Å². The summed E-state index contributed by atoms with van der Waals surface area (Å²) in [6.45, 7) is 7.70. The molecule has 1 N–H and O–H groups in total. The molecule has 1 atom stereocenters. The standard InChI is InChI=1S/C23H28Cl2N2O3/c1-6-20(23(29)26-5)27(12-17-18(24)8-7-9-19(17)25)22(28)13-30-21-11-14(2)10-15(3)16(21)4/h7-11,20H,6,12-13H2,1-5H3,(H,26,29). The summed E-state index contributed by atoms with van der Waals surface area (Å²) in [6.07, 6.45) is 0.441. The summed E-state index contributed by atoms with van der Waals surface area (Å²) >= 11 is 12.6. The lowest BCUT2D eigenvalue weighted by Crippen LogP contribution is -2.49. The molecule has 0 spiro atoms. The zero-order valence-corrected chi connectivity index (χ0v) is 19.5. The Kier molecular flexibility index (Phi) is 8.56. The molecule has 7 heteroatoms. The molecule has 162 valence electrons. The van der Waals surface area contributed by atoms with Crippen LogP contribution in [0.5, 0.6) is 5.75 Å². The van der Waals surface area contributed by atoms with E-state index in [2.05, 4.69) is 11.4 Å². The molecule has 0 radical (unpaired) electrons. The highest BCUT2D eigenvalue weighted by molar-refractivity contribution is 6.36. The molecule has 30 heavy (non-hydrogen) atoms. The second kappa shape index (κ2) is 10.7. The zero-order chi connectivity index (χ0) is 22.4. The molecule has 0 fully saturated rings. The van der Waals surface area contributed by atoms with Gasteiger partial charge in [0.2, 0.25) is 5.91 Å². The van der Waals surface area contributed by atoms with Gasteiger partial charge in [-0.05, 0) is 62.1 Å². The first kappa shape index (κ1) is 24.0. The van der Waals surface area contributed by atoms with Crippen LogP contribution in [0.4, 0.5) is 0 Å². The van der Waals surface area contributed by atoms with E-state index in [4.69, 9.17) is 27.9 Å². The van der Waals surface area contributed by atoms with E-state index in [0.29, 0.717) is 27.8 Å². The molecule has 0 aliphatic carbocycles. The van der Waals surface area contributed by atoms with Crippen LogP contribution in [0.15, 0.2) is 30.3 Å². The predicted molar refractivity (Wildman–Crippen MR) is 121 cm³/mol. The van der Waals surface area contributed by atoms with Crippen LogP contribution in [0.1, 0.15) is 35.6 Å². The number of nitrogens with one attached hydrogen (secondary N) is 1. The maximum absolute atomic E-state index is 13.2. The predicted octanol–water partition coefficient (Wildman–Crippen LogP) is 4.85. The first-order valence-corrected chi connectivity index (χ1v) is 10.6. The summed E-state index contributed by atoms with van der Waals surface area (Å²) in [5.74, 6) is 0.0844. The van der Waals surface area contributed by atoms with E-state index in [0.717, 1.165) is 16.7 Å². The van der Waals surface area contributed by atoms with Crippen LogP contribution in [-0.2, 0) is 16.1 Å². The number of nitrogens with zero attached hydrogens (tertiary/aromatic N) is 1. The molecular weight excluding hydrogens is 423 g/mol. The molecule has 0 aliphatic rings. The van der Waals surface area contributed by atoms with Crippen molar-refractivity contribution in [2.45, 2.75) is 46.7 Å². The minimum absolute atomic E-state index is 0.110. The fourth-order valence-corrected chi connectivity index (χ4v) is 3.83. The van der Waals surface area contributed by atoms with Gasteiger partial charge in [-0.2, -0.15) is 0 Å². The number of likely N-dealkylation sites (N-methyl/N-ethyl adjacent to an activating group) is 1. The Bertz CT molecular complexity index is 911. The Morgan fingerprint density at radius 2 is 1.77 bits per heavy atom. The van der Waals surface area contributed by atoms with Gasteiger partial charge < -0.3 is 15.0 Å². The third kappa shape index (κ3) is 5.67. The summed E-state index contributed by atoms with van der Waals surface area (Å²) in [5.41, 5.74) is 3.72. The molecule has 2 aromatic carbocycles. The van der Waals surface area contributed by atoms with Gasteiger partial charge in [0, 0.05) is 29.2 Å². The van der Waals surface area contributed by atoms with Crippen LogP contribution >= 0.6 is 23.2 Å². The van der Waals surface area contributed by atoms with Crippen molar-refractivity contribution in [3.05, 3.63) is 62.6 Å². The summed E-state index contributed by atoms with van der Waals surface area (Å²) in [4.78, 5) is 27.1. The highest BCUT2D eigenvalue weighted by Crippen LogP contribution is 2.27. The molecule has 0 aliphatic heterocycles. The first-order valence-electron chi connectivity index (χ1n) is 9.84. The quantitative estimate of drug-likeness (QED) is 0.624. The van der Waals surface area contributed by atoms with Crippen LogP contribution in [0.25, 0.3) is 0 Å². The Balaban J connectivity index is 2.31. The number of amides is 2. The van der Waals surface area contributed by atoms with Crippen LogP contribution in [-0.4, -0.2) is 36.4 Å². The molecule has 1 unspecified atom stereocenters. The highest BCUT2D eigenvalue weighted by atomic mass is 35.5. The lowest BCUT2D eigenvalue weighted by Gasteiger charge is -2.30. The van der Waals surface area contributed by atoms with E-state index in [-0.39, 0.29) is 25.0 Å². The number of carbonyl (C=O) groups is 2. The number of rotatable bonds is 8. The second-order valence-corrected chi connectivity index (χ2v) is 8.07. The summed E-state index contributed by atoms with van der Waals surface area (Å²) in [6, 6.07) is 8.46. The first-order chi connectivity index (χ1) is 14.2. The number of halogens is 2. The van der Waals surface area contributed by atoms with Crippen molar-refractivity contribution in [2.75, 3.05) is 13.7 Å². The van der Waals surface area contributed by atoms with Crippen molar-refractivity contribution in [1.82, 2.24) is 10.2 Å². The number of hydrogen-bond donors (Lipinski definition) is 1. The van der Waals surface area contributed by atoms with Crippen molar-refractivity contribution in [2.24, 2.45) is 0 Å². The molecule has 2 rings (SSSR count). The van der Waals surface area contributed by atoms with Crippen LogP contribution < -0.4 is 10.1 Å². The average molecular weight is 451 g/mol. The summed E-state index contributed by atoms with van der Waals surface area (Å²) < 4.78 is 5.86. The van der Waals surface area contributed by atoms with Gasteiger partial charge in [-0.3, -0.25) is 9.59 Å². The lowest BCUT2D eigenvalue weighted by atomic mass is 10.1. The van der Waals surface area contributed by atoms with Gasteiger partial charge in [-0.1, -0.05) is 42.3 Å². The minimum Gasteiger partial charge on any atom is -0.483 e. The number of hydrogen-bond acceptors (Lipinski definition) is 3. The molecular formula is C23H28Cl2N2O3. The number of benzene rings is 2. The summed E-state index contributed by atoms with van der Waals surface area (Å²) in [5, 5.41) is 3.51. The van der Waals surface area contributed by atoms with Crippen molar-refractivity contribution in [1.29, 1.82) is 0 Å². The van der Waals surface area contributed by atoms with Gasteiger partial charge in [0.25, 0.3) is 5.91 Å². The topological polar surface area (TPSA) is 58.6 Å². The van der Waals surface area contributed by atoms with E-state index < -0.39 is 6.04 Å². The Morgan fingerprint density at radius 1 is 1.13 bits per heavy atom. The normalized spacial score (nSPS) is 11.7. The zero-order valence-electron chi connectivity index (χ0n) is 18.0. The smallest absolute Gasteiger partial charge is 0.261 e. The Hall–Kier alpha value is -2.24. The van der Waals surface area contributed by atoms with Crippen LogP contribution in [0.2, 0.25) is 10.0 Å². The van der Waals surface area contributed by atoms with E-state index >= 15 is 0 Å². The molecule has 0 saturated carbocycles. The molecule has 0 bridgehead atoms. The second-order valence-electron chi connectivity index (χ2n) is 7.25. The van der Waals surface area contributed by atoms with Gasteiger partial charge in [0.05, 0.1) is 0 Å². The van der Waals surface area contributed by atoms with E-state index in [1.165, 1.54) is 4.90 Å². The fraction of sp³-hybridized carbons (Fsp3) is 0.391. The third-order valence-electron chi connectivity index (χ3n) is 5.14. The fourth-order valence-electron chi connectivity index (χ4n) is 3.31. The van der Waals surface area contributed by atoms with Gasteiger partial charge in [-0.15, -0.1) is 0 Å². The van der Waals surface area contributed by atoms with E-state index in [1.54, 1.807) is 25.2 Å². The van der Waals surface area contributed by atoms with E-state index in [9.17, 15) is 9.59 Å². The third-order valence-corrected chi connectivity index (χ3v) is 5.85. The molecule has 5 nitrogen and oxygen atoms in total. The Labute approximate surface area is 188 Å². The molecule has 0 saturated heterocycles. The maximum atomic E-state index is 13.2. The van der Waals surface area contributed by atoms with Gasteiger partial charge in [0.15, 0.2) is 6.61 Å². The van der Waals surface area contributed by atoms with Gasteiger partial charge in [-0.25, -0.2) is 0 Å². The van der Waals surface area contributed by atoms with E-state index in [1.807, 2.05) is 33.8 Å². The maximum Gasteiger partial charge on any atom is 0.261 e. The molecule has 0 heterocycles. The van der Waals surface area contributed by atoms with Crippen molar-refractivity contribution in [3.63, 3.8) is 0 Å². The van der Waals surface area contributed by atoms with Crippen LogP contribution in [0, 0.1) is 20.8 Å². The number of ether oxygens (including phenoxy) is 1. The van der Waals surface area contributed by atoms with Crippen molar-refractivity contribution in [3.8, 4) is 5.75 Å². The molecule has 2 aromatic rings. The highest BCUT2D eigenvalue weighted by Gasteiger charge is 2.29. The number of carbonyl (C=O) groups excluding carboxylic acids is 2.